The van der Waals surface area contributed by atoms with Gasteiger partial charge in [-0.3, -0.25) is 0 Å². The molecule has 0 heterocycles. The second-order valence-corrected chi connectivity index (χ2v) is 2.46. The molecule has 0 aromatic heterocycles. The highest BCUT2D eigenvalue weighted by atomic mass is 13.9. The van der Waals surface area contributed by atoms with Gasteiger partial charge in [0.25, 0.3) is 0 Å². The first kappa shape index (κ1) is 7.33. The van der Waals surface area contributed by atoms with E-state index in [1.807, 2.05) is 0 Å². The van der Waals surface area contributed by atoms with Crippen LogP contribution < -0.4 is 0 Å². The van der Waals surface area contributed by atoms with Crippen LogP contribution >= 0.6 is 0 Å². The van der Waals surface area contributed by atoms with Crippen LogP contribution in [0, 0.1) is 0 Å². The Hall–Kier alpha value is -0.780. The molecular weight excluding hydrogens is 120 g/mol. The molecule has 1 rings (SSSR count). The summed E-state index contributed by atoms with van der Waals surface area (Å²) in [6, 6.07) is 0. The van der Waals surface area contributed by atoms with E-state index in [4.69, 9.17) is 0 Å². The summed E-state index contributed by atoms with van der Waals surface area (Å²) in [6.07, 6.45) is 18.0. The lowest BCUT2D eigenvalue weighted by Crippen LogP contribution is -1.68. The fourth-order valence-electron chi connectivity index (χ4n) is 0.970. The highest BCUT2D eigenvalue weighted by Crippen LogP contribution is 1.99. The molecule has 0 radical (unpaired) electrons. The smallest absolute Gasteiger partial charge is 0.0169 e. The zero-order valence-electron chi connectivity index (χ0n) is 6.29. The van der Waals surface area contributed by atoms with Crippen molar-refractivity contribution in [3.63, 3.8) is 0 Å². The van der Waals surface area contributed by atoms with Gasteiger partial charge in [0.05, 0.1) is 0 Å². The summed E-state index contributed by atoms with van der Waals surface area (Å²) in [5.74, 6) is 0. The number of hydrogen-bond donors (Lipinski definition) is 0. The van der Waals surface area contributed by atoms with Gasteiger partial charge in [-0.2, -0.15) is 0 Å². The topological polar surface area (TPSA) is 0 Å². The van der Waals surface area contributed by atoms with Gasteiger partial charge in [0, 0.05) is 0 Å². The maximum atomic E-state index is 2.25. The molecule has 0 saturated carbocycles. The highest BCUT2D eigenvalue weighted by Gasteiger charge is 1.79. The Morgan fingerprint density at radius 3 is 1.40 bits per heavy atom. The standard InChI is InChI=1S/C10H14/c1-2-4-6-8-10-9-7-5-3-1/h1-2,5-8H,3-4,9-10H2/b2-1+,7-5-,8-6?. The third-order valence-corrected chi connectivity index (χ3v) is 1.54. The van der Waals surface area contributed by atoms with Crippen LogP contribution in [-0.2, 0) is 0 Å². The van der Waals surface area contributed by atoms with Crippen LogP contribution in [0.4, 0.5) is 0 Å². The van der Waals surface area contributed by atoms with Crippen LogP contribution in [0.15, 0.2) is 36.5 Å². The van der Waals surface area contributed by atoms with E-state index < -0.39 is 0 Å². The Morgan fingerprint density at radius 2 is 0.900 bits per heavy atom. The third-order valence-electron chi connectivity index (χ3n) is 1.54. The molecule has 0 aromatic carbocycles. The minimum Gasteiger partial charge on any atom is -0.0879 e. The van der Waals surface area contributed by atoms with Gasteiger partial charge >= 0.3 is 0 Å². The second kappa shape index (κ2) is 5.04. The van der Waals surface area contributed by atoms with Crippen LogP contribution in [-0.4, -0.2) is 0 Å². The largest absolute Gasteiger partial charge is 0.0879 e. The lowest BCUT2D eigenvalue weighted by atomic mass is 10.2. The average molecular weight is 134 g/mol. The van der Waals surface area contributed by atoms with Gasteiger partial charge in [0.2, 0.25) is 0 Å². The maximum absolute atomic E-state index is 2.25. The van der Waals surface area contributed by atoms with Crippen LogP contribution in [0.5, 0.6) is 0 Å². The Bertz CT molecular complexity index is 131. The summed E-state index contributed by atoms with van der Waals surface area (Å²) in [5.41, 5.74) is 0. The summed E-state index contributed by atoms with van der Waals surface area (Å²) in [6.45, 7) is 0. The van der Waals surface area contributed by atoms with Crippen molar-refractivity contribution >= 4 is 0 Å². The Kier molecular flexibility index (Phi) is 3.69. The second-order valence-electron chi connectivity index (χ2n) is 2.46. The molecule has 0 bridgehead atoms. The lowest BCUT2D eigenvalue weighted by Gasteiger charge is -1.89. The van der Waals surface area contributed by atoms with Crippen molar-refractivity contribution in [2.45, 2.75) is 25.7 Å². The molecule has 0 nitrogen and oxygen atoms in total. The van der Waals surface area contributed by atoms with Crippen molar-refractivity contribution in [2.75, 3.05) is 0 Å². The molecule has 1 aliphatic rings. The highest BCUT2D eigenvalue weighted by molar-refractivity contribution is 4.99. The lowest BCUT2D eigenvalue weighted by molar-refractivity contribution is 1.03. The van der Waals surface area contributed by atoms with Gasteiger partial charge < -0.3 is 0 Å². The Morgan fingerprint density at radius 1 is 0.500 bits per heavy atom. The summed E-state index contributed by atoms with van der Waals surface area (Å²) in [7, 11) is 0. The molecule has 0 unspecified atom stereocenters. The van der Waals surface area contributed by atoms with E-state index in [2.05, 4.69) is 36.5 Å². The molecule has 0 heteroatoms. The van der Waals surface area contributed by atoms with Crippen molar-refractivity contribution in [2.24, 2.45) is 0 Å². The molecule has 0 fully saturated rings. The summed E-state index contributed by atoms with van der Waals surface area (Å²) in [5, 5.41) is 0. The molecule has 0 atom stereocenters. The van der Waals surface area contributed by atoms with E-state index in [1.54, 1.807) is 0 Å². The zero-order valence-corrected chi connectivity index (χ0v) is 6.29. The molecule has 1 aliphatic carbocycles. The van der Waals surface area contributed by atoms with Gasteiger partial charge in [0.15, 0.2) is 0 Å². The molecule has 0 spiro atoms. The normalized spacial score (nSPS) is 25.6. The minimum atomic E-state index is 1.10. The molecule has 0 saturated heterocycles. The number of hydrogen-bond acceptors (Lipinski definition) is 0. The van der Waals surface area contributed by atoms with Gasteiger partial charge in [0.1, 0.15) is 0 Å². The van der Waals surface area contributed by atoms with E-state index in [1.165, 1.54) is 12.8 Å². The molecule has 0 aromatic rings. The van der Waals surface area contributed by atoms with Gasteiger partial charge in [-0.15, -0.1) is 0 Å². The van der Waals surface area contributed by atoms with Crippen molar-refractivity contribution in [3.05, 3.63) is 36.5 Å². The minimum absolute atomic E-state index is 1.10. The summed E-state index contributed by atoms with van der Waals surface area (Å²) in [4.78, 5) is 0. The first-order valence-electron chi connectivity index (χ1n) is 3.95. The first-order chi connectivity index (χ1) is 5.00. The molecule has 54 valence electrons. The van der Waals surface area contributed by atoms with Crippen LogP contribution in [0.25, 0.3) is 0 Å². The van der Waals surface area contributed by atoms with E-state index >= 15 is 0 Å². The molecule has 0 aliphatic heterocycles. The number of rotatable bonds is 0. The predicted octanol–water partition coefficient (Wildman–Crippen LogP) is 3.23. The zero-order chi connectivity index (χ0) is 7.07. The molecular formula is C10H14. The van der Waals surface area contributed by atoms with Gasteiger partial charge in [-0.1, -0.05) is 36.5 Å². The van der Waals surface area contributed by atoms with E-state index in [-0.39, 0.29) is 0 Å². The summed E-state index contributed by atoms with van der Waals surface area (Å²) >= 11 is 0. The van der Waals surface area contributed by atoms with Crippen molar-refractivity contribution in [1.29, 1.82) is 0 Å². The van der Waals surface area contributed by atoms with Crippen molar-refractivity contribution in [1.82, 2.24) is 0 Å². The quantitative estimate of drug-likeness (QED) is 0.446. The van der Waals surface area contributed by atoms with E-state index in [0.29, 0.717) is 0 Å². The Labute approximate surface area is 62.9 Å². The fourth-order valence-corrected chi connectivity index (χ4v) is 0.970. The van der Waals surface area contributed by atoms with E-state index in [9.17, 15) is 0 Å². The molecule has 0 N–H and O–H groups in total. The fraction of sp³-hybridized carbons (Fsp3) is 0.400. The Balaban J connectivity index is 2.38. The number of allylic oxidation sites excluding steroid dienone is 6. The van der Waals surface area contributed by atoms with Crippen LogP contribution in [0.3, 0.4) is 0 Å². The van der Waals surface area contributed by atoms with Gasteiger partial charge in [-0.25, -0.2) is 0 Å². The first-order valence-corrected chi connectivity index (χ1v) is 3.95. The SMILES string of the molecule is C1=CCC/C=C\C/C=C/C1. The monoisotopic (exact) mass is 134 g/mol. The molecule has 0 amide bonds. The van der Waals surface area contributed by atoms with Crippen LogP contribution in [0.1, 0.15) is 25.7 Å². The third kappa shape index (κ3) is 3.29. The average Bonchev–Trinajstić information content (AvgIpc) is 2.01. The van der Waals surface area contributed by atoms with Crippen LogP contribution in [0.2, 0.25) is 0 Å². The maximum Gasteiger partial charge on any atom is -0.0169 e. The van der Waals surface area contributed by atoms with E-state index in [0.717, 1.165) is 12.8 Å². The molecule has 10 heavy (non-hydrogen) atoms. The summed E-state index contributed by atoms with van der Waals surface area (Å²) < 4.78 is 0. The van der Waals surface area contributed by atoms with Gasteiger partial charge in [-0.05, 0) is 25.7 Å². The predicted molar refractivity (Wildman–Crippen MR) is 45.9 cm³/mol. The van der Waals surface area contributed by atoms with Crippen molar-refractivity contribution < 1.29 is 0 Å². The van der Waals surface area contributed by atoms with Crippen molar-refractivity contribution in [3.8, 4) is 0 Å².